The van der Waals surface area contributed by atoms with Gasteiger partial charge >= 0.3 is 6.09 Å². The van der Waals surface area contributed by atoms with Crippen LogP contribution in [0, 0.1) is 5.41 Å². The second kappa shape index (κ2) is 4.72. The molecule has 0 bridgehead atoms. The molecule has 0 aliphatic heterocycles. The van der Waals surface area contributed by atoms with Crippen LogP contribution in [0.4, 0.5) is 4.79 Å². The van der Waals surface area contributed by atoms with Gasteiger partial charge in [0, 0.05) is 7.05 Å². The highest BCUT2D eigenvalue weighted by Crippen LogP contribution is 2.43. The molecule has 0 aromatic heterocycles. The van der Waals surface area contributed by atoms with E-state index >= 15 is 0 Å². The molecule has 4 heteroatoms. The number of ether oxygens (including phenoxy) is 1. The minimum absolute atomic E-state index is 0.156. The summed E-state index contributed by atoms with van der Waals surface area (Å²) in [6.07, 6.45) is 2.09. The minimum Gasteiger partial charge on any atom is -0.444 e. The molecule has 1 rings (SSSR count). The van der Waals surface area contributed by atoms with Crippen molar-refractivity contribution in [3.05, 3.63) is 0 Å². The highest BCUT2D eigenvalue weighted by Gasteiger charge is 2.43. The number of hydrogen-bond donors (Lipinski definition) is 1. The Morgan fingerprint density at radius 1 is 1.33 bits per heavy atom. The van der Waals surface area contributed by atoms with Gasteiger partial charge < -0.3 is 14.7 Å². The van der Waals surface area contributed by atoms with Gasteiger partial charge in [0.05, 0.1) is 12.1 Å². The van der Waals surface area contributed by atoms with Gasteiger partial charge in [-0.15, -0.1) is 0 Å². The molecule has 1 aliphatic rings. The van der Waals surface area contributed by atoms with Crippen LogP contribution in [-0.4, -0.2) is 40.9 Å². The third-order valence-corrected chi connectivity index (χ3v) is 3.31. The van der Waals surface area contributed by atoms with E-state index < -0.39 is 11.2 Å². The van der Waals surface area contributed by atoms with Crippen LogP contribution in [-0.2, 0) is 4.74 Å². The second-order valence-corrected chi connectivity index (χ2v) is 7.40. The first-order valence-corrected chi connectivity index (χ1v) is 6.59. The van der Waals surface area contributed by atoms with E-state index in [2.05, 4.69) is 13.8 Å². The lowest BCUT2D eigenvalue weighted by Crippen LogP contribution is -2.44. The summed E-state index contributed by atoms with van der Waals surface area (Å²) in [5.74, 6) is 0. The molecule has 1 amide bonds. The molecule has 1 unspecified atom stereocenters. The van der Waals surface area contributed by atoms with Crippen LogP contribution < -0.4 is 0 Å². The number of aliphatic hydroxyl groups is 1. The van der Waals surface area contributed by atoms with Gasteiger partial charge in [-0.05, 0) is 45.4 Å². The fraction of sp³-hybridized carbons (Fsp3) is 0.929. The van der Waals surface area contributed by atoms with Gasteiger partial charge in [-0.1, -0.05) is 13.8 Å². The smallest absolute Gasteiger partial charge is 0.410 e. The zero-order valence-electron chi connectivity index (χ0n) is 12.5. The van der Waals surface area contributed by atoms with E-state index in [-0.39, 0.29) is 11.5 Å². The van der Waals surface area contributed by atoms with Crippen LogP contribution in [0.3, 0.4) is 0 Å². The predicted molar refractivity (Wildman–Crippen MR) is 71.4 cm³/mol. The Morgan fingerprint density at radius 2 is 1.89 bits per heavy atom. The van der Waals surface area contributed by atoms with Crippen molar-refractivity contribution < 1.29 is 14.6 Å². The van der Waals surface area contributed by atoms with Gasteiger partial charge in [-0.3, -0.25) is 0 Å². The third-order valence-electron chi connectivity index (χ3n) is 3.31. The molecule has 0 spiro atoms. The molecule has 1 fully saturated rings. The average Bonchev–Trinajstić information content (AvgIpc) is 2.37. The highest BCUT2D eigenvalue weighted by molar-refractivity contribution is 5.67. The molecule has 1 aliphatic carbocycles. The first-order chi connectivity index (χ1) is 7.93. The normalized spacial score (nSPS) is 27.1. The van der Waals surface area contributed by atoms with E-state index in [9.17, 15) is 9.90 Å². The van der Waals surface area contributed by atoms with Crippen LogP contribution >= 0.6 is 0 Å². The summed E-state index contributed by atoms with van der Waals surface area (Å²) in [4.78, 5) is 13.3. The number of hydrogen-bond acceptors (Lipinski definition) is 3. The van der Waals surface area contributed by atoms with Crippen molar-refractivity contribution >= 4 is 6.09 Å². The van der Waals surface area contributed by atoms with Gasteiger partial charge in [-0.2, -0.15) is 0 Å². The molecule has 0 heterocycles. The molecule has 1 atom stereocenters. The minimum atomic E-state index is -0.769. The standard InChI is InChI=1S/C14H27NO3/c1-12(2,3)18-11(16)15(6)10-14(17)8-7-13(4,5)9-14/h17H,7-10H2,1-6H3. The van der Waals surface area contributed by atoms with Crippen molar-refractivity contribution in [1.29, 1.82) is 0 Å². The maximum Gasteiger partial charge on any atom is 0.410 e. The molecule has 1 saturated carbocycles. The first kappa shape index (κ1) is 15.3. The van der Waals surface area contributed by atoms with Crippen molar-refractivity contribution in [3.63, 3.8) is 0 Å². The summed E-state index contributed by atoms with van der Waals surface area (Å²) < 4.78 is 5.28. The third kappa shape index (κ3) is 4.48. The summed E-state index contributed by atoms with van der Waals surface area (Å²) in [5, 5.41) is 10.5. The van der Waals surface area contributed by atoms with Crippen molar-refractivity contribution in [2.75, 3.05) is 13.6 Å². The molecular weight excluding hydrogens is 230 g/mol. The average molecular weight is 257 g/mol. The maximum atomic E-state index is 11.8. The van der Waals surface area contributed by atoms with Crippen LogP contribution in [0.15, 0.2) is 0 Å². The number of rotatable bonds is 2. The lowest BCUT2D eigenvalue weighted by atomic mass is 9.89. The van der Waals surface area contributed by atoms with Gasteiger partial charge in [0.1, 0.15) is 5.60 Å². The van der Waals surface area contributed by atoms with E-state index in [0.29, 0.717) is 6.54 Å². The molecule has 0 radical (unpaired) electrons. The molecule has 0 aromatic carbocycles. The monoisotopic (exact) mass is 257 g/mol. The van der Waals surface area contributed by atoms with E-state index in [1.807, 2.05) is 20.8 Å². The quantitative estimate of drug-likeness (QED) is 0.827. The molecule has 4 nitrogen and oxygen atoms in total. The fourth-order valence-corrected chi connectivity index (χ4v) is 2.62. The first-order valence-electron chi connectivity index (χ1n) is 6.59. The van der Waals surface area contributed by atoms with Crippen molar-refractivity contribution in [2.45, 2.75) is 65.1 Å². The van der Waals surface area contributed by atoms with Crippen LogP contribution in [0.5, 0.6) is 0 Å². The number of likely N-dealkylation sites (N-methyl/N-ethyl adjacent to an activating group) is 1. The zero-order valence-corrected chi connectivity index (χ0v) is 12.5. The Morgan fingerprint density at radius 3 is 2.28 bits per heavy atom. The van der Waals surface area contributed by atoms with E-state index in [4.69, 9.17) is 4.74 Å². The summed E-state index contributed by atoms with van der Waals surface area (Å²) in [6.45, 7) is 10.2. The van der Waals surface area contributed by atoms with Gasteiger partial charge in [0.2, 0.25) is 0 Å². The largest absolute Gasteiger partial charge is 0.444 e. The molecule has 106 valence electrons. The van der Waals surface area contributed by atoms with Crippen LogP contribution in [0.2, 0.25) is 0 Å². The van der Waals surface area contributed by atoms with Crippen LogP contribution in [0.25, 0.3) is 0 Å². The SMILES string of the molecule is CN(CC1(O)CCC(C)(C)C1)C(=O)OC(C)(C)C. The Hall–Kier alpha value is -0.770. The van der Waals surface area contributed by atoms with E-state index in [1.54, 1.807) is 7.05 Å². The lowest BCUT2D eigenvalue weighted by molar-refractivity contribution is -0.0127. The van der Waals surface area contributed by atoms with Crippen molar-refractivity contribution in [3.8, 4) is 0 Å². The summed E-state index contributed by atoms with van der Waals surface area (Å²) in [5.41, 5.74) is -1.11. The lowest BCUT2D eigenvalue weighted by Gasteiger charge is -2.31. The highest BCUT2D eigenvalue weighted by atomic mass is 16.6. The number of carbonyl (C=O) groups excluding carboxylic acids is 1. The maximum absolute atomic E-state index is 11.8. The van der Waals surface area contributed by atoms with E-state index in [0.717, 1.165) is 19.3 Å². The summed E-state index contributed by atoms with van der Waals surface area (Å²) in [6, 6.07) is 0. The Labute approximate surface area is 110 Å². The number of amides is 1. The predicted octanol–water partition coefficient (Wildman–Crippen LogP) is 2.79. The molecule has 0 saturated heterocycles. The number of carbonyl (C=O) groups is 1. The van der Waals surface area contributed by atoms with Gasteiger partial charge in [0.25, 0.3) is 0 Å². The zero-order chi connectivity index (χ0) is 14.2. The summed E-state index contributed by atoms with van der Waals surface area (Å²) >= 11 is 0. The van der Waals surface area contributed by atoms with E-state index in [1.165, 1.54) is 4.90 Å². The van der Waals surface area contributed by atoms with Crippen LogP contribution in [0.1, 0.15) is 53.9 Å². The van der Waals surface area contributed by atoms with Crippen molar-refractivity contribution in [2.24, 2.45) is 5.41 Å². The second-order valence-electron chi connectivity index (χ2n) is 7.40. The van der Waals surface area contributed by atoms with Gasteiger partial charge in [-0.25, -0.2) is 4.79 Å². The Balaban J connectivity index is 2.55. The molecule has 18 heavy (non-hydrogen) atoms. The summed E-state index contributed by atoms with van der Waals surface area (Å²) in [7, 11) is 1.68. The number of nitrogens with zero attached hydrogens (tertiary/aromatic N) is 1. The molecular formula is C14H27NO3. The molecule has 0 aromatic rings. The Bertz CT molecular complexity index is 319. The van der Waals surface area contributed by atoms with Gasteiger partial charge in [0.15, 0.2) is 0 Å². The fourth-order valence-electron chi connectivity index (χ4n) is 2.62. The Kier molecular flexibility index (Phi) is 4.01. The van der Waals surface area contributed by atoms with Crippen molar-refractivity contribution in [1.82, 2.24) is 4.90 Å². The topological polar surface area (TPSA) is 49.8 Å². The molecule has 1 N–H and O–H groups in total.